The van der Waals surface area contributed by atoms with Crippen LogP contribution < -0.4 is 10.0 Å². The number of rotatable bonds is 5. The smallest absolute Gasteiger partial charge is 0.186 e. The molecule has 23 heavy (non-hydrogen) atoms. The quantitative estimate of drug-likeness (QED) is 0.733. The summed E-state index contributed by atoms with van der Waals surface area (Å²) in [5, 5.41) is 1.04. The molecule has 0 bridgehead atoms. The Morgan fingerprint density at radius 1 is 0.957 bits per heavy atom. The van der Waals surface area contributed by atoms with Crippen molar-refractivity contribution in [3.05, 3.63) is 58.1 Å². The van der Waals surface area contributed by atoms with Gasteiger partial charge >= 0.3 is 0 Å². The summed E-state index contributed by atoms with van der Waals surface area (Å²) in [5.74, 6) is 0.847. The van der Waals surface area contributed by atoms with E-state index in [1.807, 2.05) is 52.0 Å². The van der Waals surface area contributed by atoms with Crippen LogP contribution in [0.25, 0.3) is 0 Å². The minimum absolute atomic E-state index is 0.139. The van der Waals surface area contributed by atoms with Gasteiger partial charge in [0, 0.05) is 5.56 Å². The van der Waals surface area contributed by atoms with Gasteiger partial charge in [0.25, 0.3) is 0 Å². The largest absolute Gasteiger partial charge is 0.491 e. The highest BCUT2D eigenvalue weighted by Gasteiger charge is 2.16. The molecule has 2 aromatic carbocycles. The Kier molecular flexibility index (Phi) is 5.59. The predicted octanol–water partition coefficient (Wildman–Crippen LogP) is 4.85. The summed E-state index contributed by atoms with van der Waals surface area (Å²) in [4.78, 5) is 12.8. The Morgan fingerprint density at radius 3 is 2.13 bits per heavy atom. The lowest BCUT2D eigenvalue weighted by Gasteiger charge is -2.14. The summed E-state index contributed by atoms with van der Waals surface area (Å²) in [7, 11) is 0.139. The van der Waals surface area contributed by atoms with Crippen molar-refractivity contribution in [2.75, 3.05) is 0 Å². The van der Waals surface area contributed by atoms with Crippen molar-refractivity contribution < 1.29 is 9.53 Å². The molecule has 0 saturated carbocycles. The average molecular weight is 328 g/mol. The maximum absolute atomic E-state index is 12.8. The lowest BCUT2D eigenvalue weighted by atomic mass is 9.95. The van der Waals surface area contributed by atoms with Gasteiger partial charge in [-0.05, 0) is 89.8 Å². The minimum atomic E-state index is 0.139. The number of ether oxygens (including phenoxy) is 1. The van der Waals surface area contributed by atoms with Gasteiger partial charge in [-0.15, -0.1) is 0 Å². The molecule has 0 spiro atoms. The van der Waals surface area contributed by atoms with Gasteiger partial charge in [-0.2, -0.15) is 0 Å². The van der Waals surface area contributed by atoms with E-state index < -0.39 is 0 Å². The van der Waals surface area contributed by atoms with Crippen LogP contribution >= 0.6 is 8.58 Å². The van der Waals surface area contributed by atoms with Crippen molar-refractivity contribution in [3.8, 4) is 5.75 Å². The fourth-order valence-corrected chi connectivity index (χ4v) is 3.82. The molecule has 0 saturated heterocycles. The molecule has 0 aliphatic rings. The molecule has 0 amide bonds. The summed E-state index contributed by atoms with van der Waals surface area (Å²) in [6.07, 6.45) is 0.158. The molecule has 0 fully saturated rings. The standard InChI is InChI=1S/C20H25O2P/c1-12(2)22-17-7-9-18(10-8-17)23-20(21)19-14(4)11-13(3)15(5)16(19)6/h7-12,23H,1-6H3. The zero-order valence-electron chi connectivity index (χ0n) is 14.8. The summed E-state index contributed by atoms with van der Waals surface area (Å²) in [6.45, 7) is 12.3. The highest BCUT2D eigenvalue weighted by molar-refractivity contribution is 7.66. The second kappa shape index (κ2) is 7.27. The van der Waals surface area contributed by atoms with Gasteiger partial charge in [0.2, 0.25) is 0 Å². The second-order valence-electron chi connectivity index (χ2n) is 6.28. The van der Waals surface area contributed by atoms with Crippen LogP contribution in [0.3, 0.4) is 0 Å². The number of aryl methyl sites for hydroxylation is 2. The molecule has 2 nitrogen and oxygen atoms in total. The molecule has 2 rings (SSSR count). The van der Waals surface area contributed by atoms with E-state index in [0.29, 0.717) is 0 Å². The SMILES string of the molecule is Cc1cc(C)c(C(=O)Pc2ccc(OC(C)C)cc2)c(C)c1C. The predicted molar refractivity (Wildman–Crippen MR) is 99.9 cm³/mol. The normalized spacial score (nSPS) is 11.4. The van der Waals surface area contributed by atoms with E-state index in [-0.39, 0.29) is 20.2 Å². The number of carbonyl (C=O) groups excluding carboxylic acids is 1. The molecule has 0 radical (unpaired) electrons. The fraction of sp³-hybridized carbons (Fsp3) is 0.350. The molecule has 1 atom stereocenters. The van der Waals surface area contributed by atoms with E-state index in [4.69, 9.17) is 4.74 Å². The van der Waals surface area contributed by atoms with Gasteiger partial charge < -0.3 is 4.74 Å². The first-order chi connectivity index (χ1) is 10.8. The van der Waals surface area contributed by atoms with E-state index in [9.17, 15) is 4.79 Å². The molecular weight excluding hydrogens is 303 g/mol. The number of hydrogen-bond donors (Lipinski definition) is 0. The van der Waals surface area contributed by atoms with E-state index in [2.05, 4.69) is 19.9 Å². The molecule has 122 valence electrons. The van der Waals surface area contributed by atoms with Gasteiger partial charge in [0.05, 0.1) is 6.10 Å². The number of hydrogen-bond acceptors (Lipinski definition) is 2. The summed E-state index contributed by atoms with van der Waals surface area (Å²) in [5.41, 5.74) is 5.73. The zero-order chi connectivity index (χ0) is 17.1. The maximum atomic E-state index is 12.8. The molecule has 0 heterocycles. The van der Waals surface area contributed by atoms with Crippen LogP contribution in [0.15, 0.2) is 30.3 Å². The van der Waals surface area contributed by atoms with Crippen molar-refractivity contribution in [1.29, 1.82) is 0 Å². The highest BCUT2D eigenvalue weighted by Crippen LogP contribution is 2.28. The average Bonchev–Trinajstić information content (AvgIpc) is 2.46. The zero-order valence-corrected chi connectivity index (χ0v) is 15.8. The van der Waals surface area contributed by atoms with Crippen LogP contribution in [0.1, 0.15) is 46.5 Å². The third-order valence-electron chi connectivity index (χ3n) is 4.07. The molecule has 0 aromatic heterocycles. The first kappa shape index (κ1) is 17.7. The van der Waals surface area contributed by atoms with E-state index in [0.717, 1.165) is 27.7 Å². The Bertz CT molecular complexity index is 715. The first-order valence-corrected chi connectivity index (χ1v) is 8.95. The van der Waals surface area contributed by atoms with Crippen LogP contribution in [-0.4, -0.2) is 11.6 Å². The summed E-state index contributed by atoms with van der Waals surface area (Å²) in [6, 6.07) is 9.96. The van der Waals surface area contributed by atoms with Crippen molar-refractivity contribution in [2.24, 2.45) is 0 Å². The van der Waals surface area contributed by atoms with Crippen molar-refractivity contribution >= 4 is 19.4 Å². The van der Waals surface area contributed by atoms with Gasteiger partial charge in [-0.3, -0.25) is 4.79 Å². The van der Waals surface area contributed by atoms with Gasteiger partial charge in [0.1, 0.15) is 5.75 Å². The Morgan fingerprint density at radius 2 is 1.57 bits per heavy atom. The molecule has 3 heteroatoms. The van der Waals surface area contributed by atoms with Crippen LogP contribution in [-0.2, 0) is 0 Å². The number of carbonyl (C=O) groups is 1. The maximum Gasteiger partial charge on any atom is 0.186 e. The molecule has 0 N–H and O–H groups in total. The lowest BCUT2D eigenvalue weighted by Crippen LogP contribution is -2.08. The van der Waals surface area contributed by atoms with Crippen molar-refractivity contribution in [3.63, 3.8) is 0 Å². The fourth-order valence-electron chi connectivity index (χ4n) is 2.72. The summed E-state index contributed by atoms with van der Waals surface area (Å²) < 4.78 is 5.64. The summed E-state index contributed by atoms with van der Waals surface area (Å²) >= 11 is 0. The molecule has 2 aromatic rings. The minimum Gasteiger partial charge on any atom is -0.491 e. The number of benzene rings is 2. The first-order valence-electron chi connectivity index (χ1n) is 7.95. The van der Waals surface area contributed by atoms with E-state index in [1.165, 1.54) is 11.1 Å². The van der Waals surface area contributed by atoms with E-state index >= 15 is 0 Å². The Labute approximate surface area is 141 Å². The molecule has 1 unspecified atom stereocenters. The van der Waals surface area contributed by atoms with E-state index in [1.54, 1.807) is 0 Å². The van der Waals surface area contributed by atoms with Crippen molar-refractivity contribution in [2.45, 2.75) is 47.6 Å². The topological polar surface area (TPSA) is 26.3 Å². The van der Waals surface area contributed by atoms with Crippen LogP contribution in [0.2, 0.25) is 0 Å². The lowest BCUT2D eigenvalue weighted by molar-refractivity contribution is 0.108. The van der Waals surface area contributed by atoms with Crippen LogP contribution in [0.4, 0.5) is 0 Å². The van der Waals surface area contributed by atoms with Gasteiger partial charge in [-0.1, -0.05) is 18.2 Å². The highest BCUT2D eigenvalue weighted by atomic mass is 31.1. The van der Waals surface area contributed by atoms with Crippen LogP contribution in [0, 0.1) is 27.7 Å². The Balaban J connectivity index is 2.21. The monoisotopic (exact) mass is 328 g/mol. The second-order valence-corrected chi connectivity index (χ2v) is 7.56. The molecule has 0 aliphatic carbocycles. The van der Waals surface area contributed by atoms with Gasteiger partial charge in [0.15, 0.2) is 5.52 Å². The Hall–Kier alpha value is -1.66. The third-order valence-corrected chi connectivity index (χ3v) is 5.17. The third kappa shape index (κ3) is 4.20. The van der Waals surface area contributed by atoms with Gasteiger partial charge in [-0.25, -0.2) is 0 Å². The molecular formula is C20H25O2P. The van der Waals surface area contributed by atoms with Crippen LogP contribution in [0.5, 0.6) is 5.75 Å². The van der Waals surface area contributed by atoms with Crippen molar-refractivity contribution in [1.82, 2.24) is 0 Å². The molecule has 0 aliphatic heterocycles.